The normalized spacial score (nSPS) is 11.9. The van der Waals surface area contributed by atoms with E-state index >= 15 is 0 Å². The maximum absolute atomic E-state index is 11.5. The van der Waals surface area contributed by atoms with Crippen LogP contribution in [0.4, 0.5) is 5.69 Å². The summed E-state index contributed by atoms with van der Waals surface area (Å²) in [5.74, 6) is -0.996. The largest absolute Gasteiger partial charge is 0.479 e. The Hall–Kier alpha value is -1.71. The van der Waals surface area contributed by atoms with E-state index in [1.165, 1.54) is 0 Å². The number of anilines is 1. The van der Waals surface area contributed by atoms with Crippen molar-refractivity contribution in [3.8, 4) is 0 Å². The van der Waals surface area contributed by atoms with Gasteiger partial charge in [-0.1, -0.05) is 35.3 Å². The molecule has 0 fully saturated rings. The van der Waals surface area contributed by atoms with Gasteiger partial charge in [-0.05, 0) is 48.4 Å². The molecule has 3 nitrogen and oxygen atoms in total. The van der Waals surface area contributed by atoms with Gasteiger partial charge in [-0.25, -0.2) is 4.79 Å². The first kappa shape index (κ1) is 14.7. The molecular formula is C15H13Cl2NO2. The Morgan fingerprint density at radius 2 is 1.80 bits per heavy atom. The lowest BCUT2D eigenvalue weighted by Gasteiger charge is -2.17. The van der Waals surface area contributed by atoms with Gasteiger partial charge in [-0.2, -0.15) is 0 Å². The molecule has 1 atom stereocenters. The number of rotatable bonds is 4. The molecule has 104 valence electrons. The zero-order valence-corrected chi connectivity index (χ0v) is 12.2. The van der Waals surface area contributed by atoms with E-state index in [1.807, 2.05) is 31.2 Å². The van der Waals surface area contributed by atoms with Crippen LogP contribution >= 0.6 is 23.2 Å². The highest BCUT2D eigenvalue weighted by atomic mass is 35.5. The summed E-state index contributed by atoms with van der Waals surface area (Å²) >= 11 is 11.8. The molecule has 2 aromatic carbocycles. The number of aliphatic carboxylic acids is 1. The highest BCUT2D eigenvalue weighted by Gasteiger charge is 2.20. The summed E-state index contributed by atoms with van der Waals surface area (Å²) in [5, 5.41) is 13.2. The van der Waals surface area contributed by atoms with Gasteiger partial charge in [0.2, 0.25) is 0 Å². The Morgan fingerprint density at radius 3 is 2.35 bits per heavy atom. The molecular weight excluding hydrogens is 297 g/mol. The van der Waals surface area contributed by atoms with Crippen molar-refractivity contribution in [2.45, 2.75) is 13.0 Å². The highest BCUT2D eigenvalue weighted by molar-refractivity contribution is 6.34. The van der Waals surface area contributed by atoms with Crippen LogP contribution in [0, 0.1) is 6.92 Å². The van der Waals surface area contributed by atoms with Crippen LogP contribution in [0.5, 0.6) is 0 Å². The van der Waals surface area contributed by atoms with Gasteiger partial charge in [0.25, 0.3) is 0 Å². The second kappa shape index (κ2) is 6.16. The SMILES string of the molecule is Cc1cccc(NC(C(=O)O)c2cc(Cl)cc(Cl)c2)c1. The van der Waals surface area contributed by atoms with E-state index in [2.05, 4.69) is 5.32 Å². The minimum absolute atomic E-state index is 0.407. The Bertz CT molecular complexity index is 623. The minimum atomic E-state index is -0.996. The standard InChI is InChI=1S/C15H13Cl2NO2/c1-9-3-2-4-13(5-9)18-14(15(19)20)10-6-11(16)8-12(17)7-10/h2-8,14,18H,1H3,(H,19,20). The fourth-order valence-electron chi connectivity index (χ4n) is 1.93. The van der Waals surface area contributed by atoms with Crippen molar-refractivity contribution < 1.29 is 9.90 Å². The highest BCUT2D eigenvalue weighted by Crippen LogP contribution is 2.26. The Kier molecular flexibility index (Phi) is 4.53. The number of carboxylic acids is 1. The number of nitrogens with one attached hydrogen (secondary N) is 1. The predicted molar refractivity (Wildman–Crippen MR) is 81.6 cm³/mol. The van der Waals surface area contributed by atoms with Crippen LogP contribution in [-0.2, 0) is 4.79 Å². The van der Waals surface area contributed by atoms with Crippen LogP contribution in [0.2, 0.25) is 10.0 Å². The molecule has 0 amide bonds. The molecule has 1 unspecified atom stereocenters. The number of halogens is 2. The average Bonchev–Trinajstić information content (AvgIpc) is 2.34. The van der Waals surface area contributed by atoms with Crippen molar-refractivity contribution in [1.29, 1.82) is 0 Å². The lowest BCUT2D eigenvalue weighted by molar-refractivity contribution is -0.138. The Morgan fingerprint density at radius 1 is 1.15 bits per heavy atom. The van der Waals surface area contributed by atoms with E-state index in [1.54, 1.807) is 18.2 Å². The van der Waals surface area contributed by atoms with Crippen molar-refractivity contribution in [3.63, 3.8) is 0 Å². The van der Waals surface area contributed by atoms with Crippen LogP contribution in [0.3, 0.4) is 0 Å². The summed E-state index contributed by atoms with van der Waals surface area (Å²) in [6.07, 6.45) is 0. The molecule has 0 aliphatic rings. The molecule has 2 aromatic rings. The van der Waals surface area contributed by atoms with E-state index in [0.717, 1.165) is 11.3 Å². The predicted octanol–water partition coefficient (Wildman–Crippen LogP) is 4.54. The van der Waals surface area contributed by atoms with E-state index in [4.69, 9.17) is 23.2 Å². The fourth-order valence-corrected chi connectivity index (χ4v) is 2.47. The van der Waals surface area contributed by atoms with Gasteiger partial charge in [-0.3, -0.25) is 0 Å². The number of carbonyl (C=O) groups is 1. The van der Waals surface area contributed by atoms with E-state index < -0.39 is 12.0 Å². The first-order valence-corrected chi connectivity index (χ1v) is 6.73. The average molecular weight is 310 g/mol. The molecule has 0 radical (unpaired) electrons. The molecule has 0 heterocycles. The quantitative estimate of drug-likeness (QED) is 0.871. The number of hydrogen-bond donors (Lipinski definition) is 2. The van der Waals surface area contributed by atoms with Crippen molar-refractivity contribution in [3.05, 3.63) is 63.6 Å². The zero-order valence-electron chi connectivity index (χ0n) is 10.7. The summed E-state index contributed by atoms with van der Waals surface area (Å²) in [6.45, 7) is 1.94. The van der Waals surface area contributed by atoms with Crippen molar-refractivity contribution in [1.82, 2.24) is 0 Å². The van der Waals surface area contributed by atoms with Crippen molar-refractivity contribution in [2.75, 3.05) is 5.32 Å². The topological polar surface area (TPSA) is 49.3 Å². The summed E-state index contributed by atoms with van der Waals surface area (Å²) in [4.78, 5) is 11.5. The maximum atomic E-state index is 11.5. The summed E-state index contributed by atoms with van der Waals surface area (Å²) in [7, 11) is 0. The summed E-state index contributed by atoms with van der Waals surface area (Å²) < 4.78 is 0. The van der Waals surface area contributed by atoms with Crippen molar-refractivity contribution >= 4 is 34.9 Å². The molecule has 0 aromatic heterocycles. The van der Waals surface area contributed by atoms with Crippen LogP contribution < -0.4 is 5.32 Å². The van der Waals surface area contributed by atoms with Gasteiger partial charge in [0.15, 0.2) is 6.04 Å². The van der Waals surface area contributed by atoms with Crippen LogP contribution in [0.15, 0.2) is 42.5 Å². The molecule has 0 spiro atoms. The number of hydrogen-bond acceptors (Lipinski definition) is 2. The van der Waals surface area contributed by atoms with Crippen LogP contribution in [0.25, 0.3) is 0 Å². The van der Waals surface area contributed by atoms with E-state index in [-0.39, 0.29) is 0 Å². The fraction of sp³-hybridized carbons (Fsp3) is 0.133. The van der Waals surface area contributed by atoms with Gasteiger partial charge in [0.05, 0.1) is 0 Å². The monoisotopic (exact) mass is 309 g/mol. The van der Waals surface area contributed by atoms with Crippen LogP contribution in [0.1, 0.15) is 17.2 Å². The van der Waals surface area contributed by atoms with Crippen molar-refractivity contribution in [2.24, 2.45) is 0 Å². The third kappa shape index (κ3) is 3.65. The lowest BCUT2D eigenvalue weighted by Crippen LogP contribution is -2.20. The smallest absolute Gasteiger partial charge is 0.330 e. The maximum Gasteiger partial charge on any atom is 0.330 e. The third-order valence-electron chi connectivity index (χ3n) is 2.79. The van der Waals surface area contributed by atoms with Gasteiger partial charge in [-0.15, -0.1) is 0 Å². The Labute approximate surface area is 127 Å². The first-order valence-electron chi connectivity index (χ1n) is 5.98. The molecule has 5 heteroatoms. The molecule has 0 saturated carbocycles. The van der Waals surface area contributed by atoms with Crippen LogP contribution in [-0.4, -0.2) is 11.1 Å². The molecule has 20 heavy (non-hydrogen) atoms. The second-order valence-electron chi connectivity index (χ2n) is 4.49. The second-order valence-corrected chi connectivity index (χ2v) is 5.36. The minimum Gasteiger partial charge on any atom is -0.479 e. The first-order chi connectivity index (χ1) is 9.45. The van der Waals surface area contributed by atoms with Gasteiger partial charge < -0.3 is 10.4 Å². The summed E-state index contributed by atoms with van der Waals surface area (Å²) in [5.41, 5.74) is 2.29. The molecule has 0 aliphatic carbocycles. The zero-order chi connectivity index (χ0) is 14.7. The Balaban J connectivity index is 2.34. The molecule has 0 aliphatic heterocycles. The molecule has 0 saturated heterocycles. The number of carboxylic acid groups (broad SMARTS) is 1. The molecule has 2 rings (SSSR count). The van der Waals surface area contributed by atoms with Gasteiger partial charge in [0.1, 0.15) is 0 Å². The van der Waals surface area contributed by atoms with E-state index in [9.17, 15) is 9.90 Å². The lowest BCUT2D eigenvalue weighted by atomic mass is 10.1. The van der Waals surface area contributed by atoms with E-state index in [0.29, 0.717) is 15.6 Å². The van der Waals surface area contributed by atoms with Gasteiger partial charge in [0, 0.05) is 15.7 Å². The number of aryl methyl sites for hydroxylation is 1. The third-order valence-corrected chi connectivity index (χ3v) is 3.23. The molecule has 2 N–H and O–H groups in total. The summed E-state index contributed by atoms with van der Waals surface area (Å²) in [6, 6.07) is 11.3. The van der Waals surface area contributed by atoms with Gasteiger partial charge >= 0.3 is 5.97 Å². The molecule has 0 bridgehead atoms. The number of benzene rings is 2.